The van der Waals surface area contributed by atoms with Crippen molar-refractivity contribution in [1.82, 2.24) is 0 Å². The second kappa shape index (κ2) is 9.90. The summed E-state index contributed by atoms with van der Waals surface area (Å²) in [5.74, 6) is -0.687. The lowest BCUT2D eigenvalue weighted by molar-refractivity contribution is -0.119. The summed E-state index contributed by atoms with van der Waals surface area (Å²) >= 11 is 2.57. The van der Waals surface area contributed by atoms with E-state index in [1.165, 1.54) is 18.9 Å². The van der Waals surface area contributed by atoms with E-state index < -0.39 is 18.5 Å². The Morgan fingerprint density at radius 3 is 2.56 bits per heavy atom. The molecule has 2 rings (SSSR count). The lowest BCUT2D eigenvalue weighted by Crippen LogP contribution is -2.21. The third-order valence-corrected chi connectivity index (χ3v) is 4.90. The average molecular weight is 402 g/mol. The van der Waals surface area contributed by atoms with Gasteiger partial charge in [0, 0.05) is 15.5 Å². The number of esters is 1. The minimum Gasteiger partial charge on any atom is -0.496 e. The SMILES string of the molecule is COc1cc(SC)ccc1C(=O)OCC(=O)Nc1ccc(SC#N)cc1C. The smallest absolute Gasteiger partial charge is 0.342 e. The molecular weight excluding hydrogens is 384 g/mol. The summed E-state index contributed by atoms with van der Waals surface area (Å²) in [4.78, 5) is 26.1. The van der Waals surface area contributed by atoms with Crippen molar-refractivity contribution < 1.29 is 19.1 Å². The van der Waals surface area contributed by atoms with Gasteiger partial charge < -0.3 is 14.8 Å². The zero-order chi connectivity index (χ0) is 19.8. The van der Waals surface area contributed by atoms with E-state index in [0.717, 1.165) is 27.1 Å². The van der Waals surface area contributed by atoms with Crippen LogP contribution in [0.15, 0.2) is 46.2 Å². The van der Waals surface area contributed by atoms with E-state index in [1.54, 1.807) is 36.4 Å². The first-order chi connectivity index (χ1) is 13.0. The normalized spacial score (nSPS) is 10.0. The van der Waals surface area contributed by atoms with E-state index in [0.29, 0.717) is 11.4 Å². The molecule has 0 fully saturated rings. The Labute approximate surface area is 166 Å². The van der Waals surface area contributed by atoms with Gasteiger partial charge in [-0.05, 0) is 66.9 Å². The summed E-state index contributed by atoms with van der Waals surface area (Å²) < 4.78 is 10.3. The molecule has 6 nitrogen and oxygen atoms in total. The van der Waals surface area contributed by atoms with Gasteiger partial charge in [-0.2, -0.15) is 5.26 Å². The second-order valence-electron chi connectivity index (χ2n) is 5.36. The van der Waals surface area contributed by atoms with Crippen molar-refractivity contribution in [2.45, 2.75) is 16.7 Å². The second-order valence-corrected chi connectivity index (χ2v) is 7.10. The fraction of sp³-hybridized carbons (Fsp3) is 0.211. The highest BCUT2D eigenvalue weighted by molar-refractivity contribution is 8.03. The van der Waals surface area contributed by atoms with Gasteiger partial charge in [-0.25, -0.2) is 4.79 Å². The first kappa shape index (κ1) is 20.7. The van der Waals surface area contributed by atoms with Crippen LogP contribution >= 0.6 is 23.5 Å². The fourth-order valence-corrected chi connectivity index (χ4v) is 3.16. The topological polar surface area (TPSA) is 88.4 Å². The number of anilines is 1. The van der Waals surface area contributed by atoms with Crippen LogP contribution in [0.4, 0.5) is 5.69 Å². The summed E-state index contributed by atoms with van der Waals surface area (Å²) in [6, 6.07) is 10.4. The Balaban J connectivity index is 1.97. The van der Waals surface area contributed by atoms with E-state index in [4.69, 9.17) is 14.7 Å². The van der Waals surface area contributed by atoms with Gasteiger partial charge in [-0.15, -0.1) is 11.8 Å². The van der Waals surface area contributed by atoms with Crippen molar-refractivity contribution in [3.05, 3.63) is 47.5 Å². The van der Waals surface area contributed by atoms with Gasteiger partial charge >= 0.3 is 5.97 Å². The number of thioether (sulfide) groups is 2. The Morgan fingerprint density at radius 2 is 1.93 bits per heavy atom. The van der Waals surface area contributed by atoms with Crippen LogP contribution in [0.5, 0.6) is 5.75 Å². The van der Waals surface area contributed by atoms with Crippen molar-refractivity contribution in [3.8, 4) is 11.2 Å². The molecule has 0 aromatic heterocycles. The molecule has 2 aromatic rings. The van der Waals surface area contributed by atoms with Crippen LogP contribution in [0, 0.1) is 17.6 Å². The van der Waals surface area contributed by atoms with Crippen LogP contribution in [0.3, 0.4) is 0 Å². The highest BCUT2D eigenvalue weighted by Gasteiger charge is 2.16. The summed E-state index contributed by atoms with van der Waals surface area (Å²) in [7, 11) is 1.47. The lowest BCUT2D eigenvalue weighted by atomic mass is 10.2. The Morgan fingerprint density at radius 1 is 1.19 bits per heavy atom. The number of methoxy groups -OCH3 is 1. The number of benzene rings is 2. The van der Waals surface area contributed by atoms with E-state index >= 15 is 0 Å². The Hall–Kier alpha value is -2.63. The molecule has 0 aliphatic carbocycles. The minimum absolute atomic E-state index is 0.261. The number of nitriles is 1. The lowest BCUT2D eigenvalue weighted by Gasteiger charge is -2.11. The van der Waals surface area contributed by atoms with Gasteiger partial charge in [0.2, 0.25) is 0 Å². The molecule has 0 radical (unpaired) electrons. The molecule has 0 aliphatic rings. The van der Waals surface area contributed by atoms with Crippen molar-refractivity contribution in [1.29, 1.82) is 5.26 Å². The van der Waals surface area contributed by atoms with Crippen molar-refractivity contribution in [3.63, 3.8) is 0 Å². The zero-order valence-corrected chi connectivity index (χ0v) is 16.7. The predicted octanol–water partition coefficient (Wildman–Crippen LogP) is 4.09. The van der Waals surface area contributed by atoms with Crippen molar-refractivity contribution in [2.75, 3.05) is 25.3 Å². The largest absolute Gasteiger partial charge is 0.496 e. The van der Waals surface area contributed by atoms with Crippen LogP contribution in [0.1, 0.15) is 15.9 Å². The number of hydrogen-bond acceptors (Lipinski definition) is 7. The Kier molecular flexibility index (Phi) is 7.58. The number of nitrogens with one attached hydrogen (secondary N) is 1. The fourth-order valence-electron chi connectivity index (χ4n) is 2.25. The quantitative estimate of drug-likeness (QED) is 0.424. The molecule has 0 unspecified atom stereocenters. The van der Waals surface area contributed by atoms with Gasteiger partial charge in [-0.3, -0.25) is 4.79 Å². The molecule has 2 aromatic carbocycles. The molecule has 140 valence electrons. The highest BCUT2D eigenvalue weighted by Crippen LogP contribution is 2.26. The first-order valence-corrected chi connectivity index (χ1v) is 9.88. The molecule has 0 heterocycles. The van der Waals surface area contributed by atoms with E-state index in [-0.39, 0.29) is 5.56 Å². The van der Waals surface area contributed by atoms with Crippen LogP contribution < -0.4 is 10.1 Å². The maximum absolute atomic E-state index is 12.2. The standard InChI is InChI=1S/C19H18N2O4S2/c1-12-8-14(27-11-20)5-7-16(12)21-18(22)10-25-19(23)15-6-4-13(26-3)9-17(15)24-2/h4-9H,10H2,1-3H3,(H,21,22). The molecule has 0 saturated carbocycles. The van der Waals surface area contributed by atoms with Crippen LogP contribution in [0.2, 0.25) is 0 Å². The maximum Gasteiger partial charge on any atom is 0.342 e. The monoisotopic (exact) mass is 402 g/mol. The van der Waals surface area contributed by atoms with Gasteiger partial charge in [0.05, 0.1) is 7.11 Å². The summed E-state index contributed by atoms with van der Waals surface area (Å²) in [6.07, 6.45) is 1.92. The third kappa shape index (κ3) is 5.67. The molecular formula is C19H18N2O4S2. The average Bonchev–Trinajstić information content (AvgIpc) is 2.67. The number of carbonyl (C=O) groups is 2. The third-order valence-electron chi connectivity index (χ3n) is 3.60. The molecule has 0 aliphatic heterocycles. The van der Waals surface area contributed by atoms with Gasteiger partial charge in [0.1, 0.15) is 16.7 Å². The molecule has 0 atom stereocenters. The predicted molar refractivity (Wildman–Crippen MR) is 106 cm³/mol. The number of rotatable bonds is 7. The molecule has 0 saturated heterocycles. The Bertz CT molecular complexity index is 894. The molecule has 27 heavy (non-hydrogen) atoms. The van der Waals surface area contributed by atoms with Crippen LogP contribution in [0.25, 0.3) is 0 Å². The van der Waals surface area contributed by atoms with E-state index in [2.05, 4.69) is 5.32 Å². The van der Waals surface area contributed by atoms with Crippen molar-refractivity contribution >= 4 is 41.1 Å². The number of carbonyl (C=O) groups excluding carboxylic acids is 2. The van der Waals surface area contributed by atoms with E-state index in [1.807, 2.05) is 18.6 Å². The maximum atomic E-state index is 12.2. The first-order valence-electron chi connectivity index (χ1n) is 7.84. The number of ether oxygens (including phenoxy) is 2. The van der Waals surface area contributed by atoms with Gasteiger partial charge in [0.15, 0.2) is 6.61 Å². The van der Waals surface area contributed by atoms with Crippen LogP contribution in [-0.2, 0) is 9.53 Å². The van der Waals surface area contributed by atoms with Crippen LogP contribution in [-0.4, -0.2) is 31.8 Å². The highest BCUT2D eigenvalue weighted by atomic mass is 32.2. The number of amides is 1. The summed E-state index contributed by atoms with van der Waals surface area (Å²) in [5.41, 5.74) is 1.67. The number of hydrogen-bond donors (Lipinski definition) is 1. The minimum atomic E-state index is -0.632. The molecule has 0 bridgehead atoms. The van der Waals surface area contributed by atoms with Gasteiger partial charge in [0.25, 0.3) is 5.91 Å². The molecule has 1 N–H and O–H groups in total. The number of thiocyanates is 1. The molecule has 0 spiro atoms. The zero-order valence-electron chi connectivity index (χ0n) is 15.1. The molecule has 8 heteroatoms. The summed E-state index contributed by atoms with van der Waals surface area (Å²) in [6.45, 7) is 1.40. The number of aryl methyl sites for hydroxylation is 1. The summed E-state index contributed by atoms with van der Waals surface area (Å²) in [5, 5.41) is 13.4. The molecule has 1 amide bonds. The van der Waals surface area contributed by atoms with Gasteiger partial charge in [-0.1, -0.05) is 0 Å². The number of nitrogens with zero attached hydrogens (tertiary/aromatic N) is 1. The van der Waals surface area contributed by atoms with Crippen molar-refractivity contribution in [2.24, 2.45) is 0 Å². The van der Waals surface area contributed by atoms with E-state index in [9.17, 15) is 9.59 Å².